The number of aromatic nitrogens is 2. The summed E-state index contributed by atoms with van der Waals surface area (Å²) in [6.45, 7) is 4.05. The lowest BCUT2D eigenvalue weighted by atomic mass is 10.3. The zero-order chi connectivity index (χ0) is 14.4. The van der Waals surface area contributed by atoms with Crippen molar-refractivity contribution in [1.82, 2.24) is 14.9 Å². The Bertz CT molecular complexity index is 449. The van der Waals surface area contributed by atoms with E-state index in [9.17, 15) is 4.79 Å². The Kier molecular flexibility index (Phi) is 5.29. The van der Waals surface area contributed by atoms with Crippen LogP contribution in [0.4, 0.5) is 5.82 Å². The lowest BCUT2D eigenvalue weighted by Gasteiger charge is -2.21. The van der Waals surface area contributed by atoms with E-state index < -0.39 is 0 Å². The zero-order valence-electron chi connectivity index (χ0n) is 12.1. The summed E-state index contributed by atoms with van der Waals surface area (Å²) in [5.74, 6) is 0.595. The topological polar surface area (TPSA) is 67.4 Å². The molecule has 2 rings (SSSR count). The number of hydrogen-bond acceptors (Lipinski definition) is 5. The largest absolute Gasteiger partial charge is 0.383 e. The molecule has 1 aromatic rings. The number of nitrogens with one attached hydrogen (secondary N) is 1. The van der Waals surface area contributed by atoms with E-state index in [1.54, 1.807) is 13.3 Å². The highest BCUT2D eigenvalue weighted by atomic mass is 16.5. The highest BCUT2D eigenvalue weighted by Gasteiger charge is 2.33. The van der Waals surface area contributed by atoms with Crippen LogP contribution in [0, 0.1) is 0 Å². The average molecular weight is 278 g/mol. The molecular weight excluding hydrogens is 256 g/mol. The molecule has 0 aliphatic heterocycles. The zero-order valence-corrected chi connectivity index (χ0v) is 12.1. The van der Waals surface area contributed by atoms with Gasteiger partial charge in [0.1, 0.15) is 11.5 Å². The van der Waals surface area contributed by atoms with Crippen molar-refractivity contribution < 1.29 is 9.53 Å². The number of rotatable bonds is 8. The molecule has 1 aromatic heterocycles. The number of carbonyl (C=O) groups excluding carboxylic acids is 1. The Morgan fingerprint density at radius 1 is 1.50 bits per heavy atom. The predicted molar refractivity (Wildman–Crippen MR) is 76.7 cm³/mol. The van der Waals surface area contributed by atoms with Crippen LogP contribution in [-0.2, 0) is 4.74 Å². The van der Waals surface area contributed by atoms with E-state index in [1.165, 1.54) is 6.20 Å². The molecule has 0 atom stereocenters. The van der Waals surface area contributed by atoms with Gasteiger partial charge in [-0.1, -0.05) is 6.92 Å². The highest BCUT2D eigenvalue weighted by Crippen LogP contribution is 2.27. The van der Waals surface area contributed by atoms with Crippen molar-refractivity contribution in [3.8, 4) is 0 Å². The Morgan fingerprint density at radius 2 is 2.30 bits per heavy atom. The number of hydrogen-bond donors (Lipinski definition) is 1. The minimum Gasteiger partial charge on any atom is -0.383 e. The second-order valence-corrected chi connectivity index (χ2v) is 4.94. The number of nitrogens with zero attached hydrogens (tertiary/aromatic N) is 3. The molecule has 0 unspecified atom stereocenters. The van der Waals surface area contributed by atoms with Crippen LogP contribution >= 0.6 is 0 Å². The second-order valence-electron chi connectivity index (χ2n) is 4.94. The summed E-state index contributed by atoms with van der Waals surface area (Å²) in [5.41, 5.74) is 0.397. The number of ether oxygens (including phenoxy) is 1. The SMILES string of the molecule is CCCNc1cncc(C(=O)N(CCOC)C2CC2)n1. The summed E-state index contributed by atoms with van der Waals surface area (Å²) >= 11 is 0. The van der Waals surface area contributed by atoms with E-state index in [4.69, 9.17) is 4.74 Å². The van der Waals surface area contributed by atoms with Crippen molar-refractivity contribution in [3.63, 3.8) is 0 Å². The van der Waals surface area contributed by atoms with Gasteiger partial charge in [-0.25, -0.2) is 4.98 Å². The monoisotopic (exact) mass is 278 g/mol. The maximum Gasteiger partial charge on any atom is 0.274 e. The first-order chi connectivity index (χ1) is 9.76. The van der Waals surface area contributed by atoms with E-state index in [2.05, 4.69) is 22.2 Å². The Morgan fingerprint density at radius 3 is 2.95 bits per heavy atom. The quantitative estimate of drug-likeness (QED) is 0.781. The molecular formula is C14H22N4O2. The first kappa shape index (κ1) is 14.7. The van der Waals surface area contributed by atoms with Crippen LogP contribution in [0.15, 0.2) is 12.4 Å². The summed E-state index contributed by atoms with van der Waals surface area (Å²) in [6.07, 6.45) is 6.31. The molecule has 6 nitrogen and oxygen atoms in total. The van der Waals surface area contributed by atoms with Crippen molar-refractivity contribution in [2.45, 2.75) is 32.2 Å². The Labute approximate surface area is 119 Å². The number of methoxy groups -OCH3 is 1. The van der Waals surface area contributed by atoms with Crippen molar-refractivity contribution in [1.29, 1.82) is 0 Å². The smallest absolute Gasteiger partial charge is 0.274 e. The van der Waals surface area contributed by atoms with E-state index in [0.29, 0.717) is 30.7 Å². The maximum atomic E-state index is 12.5. The molecule has 6 heteroatoms. The van der Waals surface area contributed by atoms with Gasteiger partial charge in [-0.15, -0.1) is 0 Å². The van der Waals surface area contributed by atoms with E-state index >= 15 is 0 Å². The van der Waals surface area contributed by atoms with Gasteiger partial charge in [0, 0.05) is 26.2 Å². The fourth-order valence-corrected chi connectivity index (χ4v) is 1.98. The Balaban J connectivity index is 2.05. The Hall–Kier alpha value is -1.69. The van der Waals surface area contributed by atoms with Crippen LogP contribution < -0.4 is 5.32 Å². The summed E-state index contributed by atoms with van der Waals surface area (Å²) in [5, 5.41) is 3.15. The van der Waals surface area contributed by atoms with E-state index in [1.807, 2.05) is 4.90 Å². The van der Waals surface area contributed by atoms with Gasteiger partial charge in [-0.2, -0.15) is 0 Å². The lowest BCUT2D eigenvalue weighted by molar-refractivity contribution is 0.0674. The fraction of sp³-hybridized carbons (Fsp3) is 0.643. The van der Waals surface area contributed by atoms with Gasteiger partial charge in [0.05, 0.1) is 19.0 Å². The van der Waals surface area contributed by atoms with E-state index in [-0.39, 0.29) is 5.91 Å². The molecule has 1 aliphatic rings. The first-order valence-corrected chi connectivity index (χ1v) is 7.12. The van der Waals surface area contributed by atoms with Crippen molar-refractivity contribution >= 4 is 11.7 Å². The third kappa shape index (κ3) is 3.90. The molecule has 0 bridgehead atoms. The van der Waals surface area contributed by atoms with Gasteiger partial charge in [0.15, 0.2) is 0 Å². The molecule has 0 radical (unpaired) electrons. The molecule has 1 heterocycles. The van der Waals surface area contributed by atoms with Gasteiger partial charge in [-0.05, 0) is 19.3 Å². The highest BCUT2D eigenvalue weighted by molar-refractivity contribution is 5.92. The third-order valence-corrected chi connectivity index (χ3v) is 3.19. The van der Waals surface area contributed by atoms with Crippen LogP contribution in [0.5, 0.6) is 0 Å². The van der Waals surface area contributed by atoms with Crippen LogP contribution in [0.2, 0.25) is 0 Å². The molecule has 110 valence electrons. The number of anilines is 1. The molecule has 1 aliphatic carbocycles. The van der Waals surface area contributed by atoms with Gasteiger partial charge in [0.25, 0.3) is 5.91 Å². The molecule has 1 fully saturated rings. The van der Waals surface area contributed by atoms with E-state index in [0.717, 1.165) is 25.8 Å². The summed E-state index contributed by atoms with van der Waals surface area (Å²) in [4.78, 5) is 22.8. The fourth-order valence-electron chi connectivity index (χ4n) is 1.98. The molecule has 20 heavy (non-hydrogen) atoms. The first-order valence-electron chi connectivity index (χ1n) is 7.12. The lowest BCUT2D eigenvalue weighted by Crippen LogP contribution is -2.36. The molecule has 1 saturated carbocycles. The second kappa shape index (κ2) is 7.19. The van der Waals surface area contributed by atoms with Crippen LogP contribution in [-0.4, -0.2) is 53.6 Å². The van der Waals surface area contributed by atoms with Gasteiger partial charge in [0.2, 0.25) is 0 Å². The standard InChI is InChI=1S/C14H22N4O2/c1-3-6-16-13-10-15-9-12(17-13)14(19)18(7-8-20-2)11-4-5-11/h9-11H,3-8H2,1-2H3,(H,16,17). The summed E-state index contributed by atoms with van der Waals surface area (Å²) in [7, 11) is 1.64. The van der Waals surface area contributed by atoms with Gasteiger partial charge < -0.3 is 15.0 Å². The summed E-state index contributed by atoms with van der Waals surface area (Å²) in [6, 6.07) is 0.340. The molecule has 0 saturated heterocycles. The molecule has 1 amide bonds. The van der Waals surface area contributed by atoms with Gasteiger partial charge >= 0.3 is 0 Å². The van der Waals surface area contributed by atoms with Crippen molar-refractivity contribution in [3.05, 3.63) is 18.1 Å². The molecule has 1 N–H and O–H groups in total. The number of amides is 1. The van der Waals surface area contributed by atoms with Crippen LogP contribution in [0.3, 0.4) is 0 Å². The molecule has 0 aromatic carbocycles. The van der Waals surface area contributed by atoms with Gasteiger partial charge in [-0.3, -0.25) is 9.78 Å². The summed E-state index contributed by atoms with van der Waals surface area (Å²) < 4.78 is 5.07. The van der Waals surface area contributed by atoms with Crippen LogP contribution in [0.1, 0.15) is 36.7 Å². The minimum atomic E-state index is -0.0581. The minimum absolute atomic E-state index is 0.0581. The van der Waals surface area contributed by atoms with Crippen LogP contribution in [0.25, 0.3) is 0 Å². The van der Waals surface area contributed by atoms with Crippen molar-refractivity contribution in [2.75, 3.05) is 32.1 Å². The van der Waals surface area contributed by atoms with Crippen molar-refractivity contribution in [2.24, 2.45) is 0 Å². The molecule has 0 spiro atoms. The number of carbonyl (C=O) groups is 1. The predicted octanol–water partition coefficient (Wildman–Crippen LogP) is 1.55. The average Bonchev–Trinajstić information content (AvgIpc) is 3.30. The normalized spacial score (nSPS) is 14.1. The third-order valence-electron chi connectivity index (χ3n) is 3.19. The maximum absolute atomic E-state index is 12.5.